The Morgan fingerprint density at radius 1 is 1.30 bits per heavy atom. The van der Waals surface area contributed by atoms with Crippen LogP contribution in [0.15, 0.2) is 44.9 Å². The third-order valence-electron chi connectivity index (χ3n) is 6.90. The van der Waals surface area contributed by atoms with Crippen LogP contribution in [0, 0.1) is 6.92 Å². The standard InChI is InChI=1S/C25H26N2O6/c1-6-31-21(28)18-20(26)33-16-10-13(3)32-22(29)17(16)25(18)15-9-7-8-14-12(2)11-24(4,5)27(19(14)15)23(25)30/h7-10,12H,6,11,26H2,1-5H3/t12-,25+/m1/s1. The molecule has 8 heteroatoms. The Bertz CT molecular complexity index is 1320. The van der Waals surface area contributed by atoms with Crippen molar-refractivity contribution < 1.29 is 23.5 Å². The Kier molecular flexibility index (Phi) is 4.34. The molecule has 172 valence electrons. The zero-order chi connectivity index (χ0) is 23.9. The molecule has 0 radical (unpaired) electrons. The number of rotatable bonds is 2. The molecule has 3 aliphatic heterocycles. The molecule has 1 amide bonds. The predicted octanol–water partition coefficient (Wildman–Crippen LogP) is 2.99. The van der Waals surface area contributed by atoms with E-state index in [1.807, 2.05) is 26.0 Å². The number of amides is 1. The number of nitrogens with two attached hydrogens (primary N) is 1. The van der Waals surface area contributed by atoms with Crippen LogP contribution >= 0.6 is 0 Å². The van der Waals surface area contributed by atoms with Crippen LogP contribution in [0.5, 0.6) is 5.75 Å². The van der Waals surface area contributed by atoms with Gasteiger partial charge in [-0.3, -0.25) is 4.79 Å². The van der Waals surface area contributed by atoms with E-state index in [1.165, 1.54) is 6.07 Å². The van der Waals surface area contributed by atoms with E-state index in [0.29, 0.717) is 23.4 Å². The summed E-state index contributed by atoms with van der Waals surface area (Å²) in [5.74, 6) is -0.939. The molecular formula is C25H26N2O6. The van der Waals surface area contributed by atoms with Gasteiger partial charge in [0.2, 0.25) is 11.8 Å². The van der Waals surface area contributed by atoms with Gasteiger partial charge in [-0.25, -0.2) is 9.59 Å². The van der Waals surface area contributed by atoms with Crippen LogP contribution in [0.4, 0.5) is 5.69 Å². The lowest BCUT2D eigenvalue weighted by Gasteiger charge is -2.44. The predicted molar refractivity (Wildman–Crippen MR) is 120 cm³/mol. The largest absolute Gasteiger partial charge is 0.462 e. The molecule has 0 unspecified atom stereocenters. The first-order chi connectivity index (χ1) is 15.6. The van der Waals surface area contributed by atoms with E-state index in [1.54, 1.807) is 24.8 Å². The Balaban J connectivity index is 1.97. The molecule has 5 rings (SSSR count). The first-order valence-electron chi connectivity index (χ1n) is 11.0. The minimum atomic E-state index is -1.83. The second kappa shape index (κ2) is 6.73. The van der Waals surface area contributed by atoms with Gasteiger partial charge in [0.25, 0.3) is 0 Å². The molecule has 0 saturated carbocycles. The number of hydrogen-bond acceptors (Lipinski definition) is 7. The molecule has 4 heterocycles. The van der Waals surface area contributed by atoms with E-state index in [-0.39, 0.29) is 35.3 Å². The highest BCUT2D eigenvalue weighted by molar-refractivity contribution is 6.19. The van der Waals surface area contributed by atoms with Crippen LogP contribution in [0.1, 0.15) is 62.5 Å². The zero-order valence-electron chi connectivity index (χ0n) is 19.3. The first kappa shape index (κ1) is 21.3. The second-order valence-corrected chi connectivity index (χ2v) is 9.50. The highest BCUT2D eigenvalue weighted by Crippen LogP contribution is 2.60. The van der Waals surface area contributed by atoms with E-state index in [0.717, 1.165) is 5.56 Å². The molecule has 2 aromatic rings. The molecule has 0 aliphatic carbocycles. The summed E-state index contributed by atoms with van der Waals surface area (Å²) in [6.07, 6.45) is 0.713. The Labute approximate surface area is 191 Å². The summed E-state index contributed by atoms with van der Waals surface area (Å²) in [6, 6.07) is 7.10. The topological polar surface area (TPSA) is 112 Å². The van der Waals surface area contributed by atoms with Gasteiger partial charge in [-0.15, -0.1) is 0 Å². The third-order valence-corrected chi connectivity index (χ3v) is 6.90. The van der Waals surface area contributed by atoms with E-state index in [2.05, 4.69) is 6.92 Å². The maximum absolute atomic E-state index is 14.5. The number of hydrogen-bond donors (Lipinski definition) is 1. The van der Waals surface area contributed by atoms with Gasteiger partial charge in [0.15, 0.2) is 0 Å². The summed E-state index contributed by atoms with van der Waals surface area (Å²) in [5, 5.41) is 0. The highest BCUT2D eigenvalue weighted by Gasteiger charge is 2.66. The Morgan fingerprint density at radius 2 is 2.03 bits per heavy atom. The van der Waals surface area contributed by atoms with Crippen LogP contribution in [0.2, 0.25) is 0 Å². The summed E-state index contributed by atoms with van der Waals surface area (Å²) in [6.45, 7) is 9.39. The summed E-state index contributed by atoms with van der Waals surface area (Å²) in [4.78, 5) is 42.9. The number of nitrogens with zero attached hydrogens (tertiary/aromatic N) is 1. The van der Waals surface area contributed by atoms with Gasteiger partial charge in [-0.05, 0) is 45.6 Å². The SMILES string of the molecule is CCOC(=O)C1=C(N)Oc2cc(C)oc(=O)c2[C@]12C(=O)N1c3c(cccc32)[C@H](C)CC1(C)C. The van der Waals surface area contributed by atoms with Crippen molar-refractivity contribution in [2.45, 2.75) is 57.9 Å². The zero-order valence-corrected chi connectivity index (χ0v) is 19.3. The lowest BCUT2D eigenvalue weighted by Crippen LogP contribution is -2.56. The van der Waals surface area contributed by atoms with E-state index in [4.69, 9.17) is 19.6 Å². The quantitative estimate of drug-likeness (QED) is 0.700. The minimum Gasteiger partial charge on any atom is -0.462 e. The number of esters is 1. The fourth-order valence-corrected chi connectivity index (χ4v) is 5.85. The average Bonchev–Trinajstić information content (AvgIpc) is 2.96. The Morgan fingerprint density at radius 3 is 2.73 bits per heavy atom. The van der Waals surface area contributed by atoms with Crippen molar-refractivity contribution in [2.75, 3.05) is 11.5 Å². The second-order valence-electron chi connectivity index (χ2n) is 9.50. The van der Waals surface area contributed by atoms with Gasteiger partial charge in [-0.2, -0.15) is 0 Å². The summed E-state index contributed by atoms with van der Waals surface area (Å²) >= 11 is 0. The van der Waals surface area contributed by atoms with Crippen molar-refractivity contribution in [3.05, 3.63) is 68.6 Å². The first-order valence-corrected chi connectivity index (χ1v) is 11.0. The molecule has 1 spiro atoms. The van der Waals surface area contributed by atoms with Gasteiger partial charge in [0.1, 0.15) is 28.1 Å². The van der Waals surface area contributed by atoms with Crippen molar-refractivity contribution in [1.29, 1.82) is 0 Å². The van der Waals surface area contributed by atoms with Crippen molar-refractivity contribution in [1.82, 2.24) is 0 Å². The summed E-state index contributed by atoms with van der Waals surface area (Å²) in [5.41, 5.74) is 5.08. The number of fused-ring (bicyclic) bond motifs is 3. The van der Waals surface area contributed by atoms with Crippen LogP contribution in [-0.2, 0) is 19.7 Å². The van der Waals surface area contributed by atoms with Crippen LogP contribution in [0.25, 0.3) is 0 Å². The molecule has 3 aliphatic rings. The maximum Gasteiger partial charge on any atom is 0.344 e. The summed E-state index contributed by atoms with van der Waals surface area (Å²) < 4.78 is 16.5. The van der Waals surface area contributed by atoms with Crippen molar-refractivity contribution in [3.63, 3.8) is 0 Å². The van der Waals surface area contributed by atoms with Gasteiger partial charge in [-0.1, -0.05) is 25.1 Å². The van der Waals surface area contributed by atoms with Crippen molar-refractivity contribution in [3.8, 4) is 5.75 Å². The fourth-order valence-electron chi connectivity index (χ4n) is 5.85. The number of carbonyl (C=O) groups excluding carboxylic acids is 2. The molecule has 0 bridgehead atoms. The number of aryl methyl sites for hydroxylation is 1. The number of carbonyl (C=O) groups is 2. The molecule has 1 aromatic carbocycles. The maximum atomic E-state index is 14.5. The summed E-state index contributed by atoms with van der Waals surface area (Å²) in [7, 11) is 0. The average molecular weight is 450 g/mol. The fraction of sp³-hybridized carbons (Fsp3) is 0.400. The van der Waals surface area contributed by atoms with Crippen LogP contribution in [-0.4, -0.2) is 24.0 Å². The monoisotopic (exact) mass is 450 g/mol. The number of para-hydroxylation sites is 1. The molecule has 2 atom stereocenters. The van der Waals surface area contributed by atoms with Gasteiger partial charge < -0.3 is 24.5 Å². The number of anilines is 1. The van der Waals surface area contributed by atoms with Crippen molar-refractivity contribution >= 4 is 17.6 Å². The lowest BCUT2D eigenvalue weighted by atomic mass is 9.68. The molecule has 2 N–H and O–H groups in total. The lowest BCUT2D eigenvalue weighted by molar-refractivity contribution is -0.141. The Hall–Kier alpha value is -3.55. The van der Waals surface area contributed by atoms with Gasteiger partial charge in [0, 0.05) is 17.2 Å². The molecule has 0 fully saturated rings. The van der Waals surface area contributed by atoms with Crippen LogP contribution < -0.4 is 21.0 Å². The highest BCUT2D eigenvalue weighted by atomic mass is 16.5. The minimum absolute atomic E-state index is 0.0541. The molecule has 0 saturated heterocycles. The molecule has 8 nitrogen and oxygen atoms in total. The number of ether oxygens (including phenoxy) is 2. The normalized spacial score (nSPS) is 24.5. The molecular weight excluding hydrogens is 424 g/mol. The molecule has 33 heavy (non-hydrogen) atoms. The third kappa shape index (κ3) is 2.54. The van der Waals surface area contributed by atoms with E-state index in [9.17, 15) is 14.4 Å². The van der Waals surface area contributed by atoms with Crippen LogP contribution in [0.3, 0.4) is 0 Å². The van der Waals surface area contributed by atoms with Gasteiger partial charge >= 0.3 is 11.6 Å². The van der Waals surface area contributed by atoms with E-state index >= 15 is 0 Å². The van der Waals surface area contributed by atoms with Gasteiger partial charge in [0.05, 0.1) is 12.3 Å². The van der Waals surface area contributed by atoms with E-state index < -0.39 is 28.5 Å². The molecule has 1 aromatic heterocycles. The number of benzene rings is 1. The van der Waals surface area contributed by atoms with Crippen molar-refractivity contribution in [2.24, 2.45) is 5.73 Å². The smallest absolute Gasteiger partial charge is 0.344 e.